The van der Waals surface area contributed by atoms with E-state index >= 15 is 0 Å². The Labute approximate surface area is 161 Å². The minimum atomic E-state index is -0.335. The van der Waals surface area contributed by atoms with Crippen LogP contribution in [0.2, 0.25) is 0 Å². The maximum Gasteiger partial charge on any atom is 0.346 e. The van der Waals surface area contributed by atoms with Gasteiger partial charge in [0.15, 0.2) is 5.65 Å². The molecule has 0 spiro atoms. The van der Waals surface area contributed by atoms with Gasteiger partial charge in [-0.1, -0.05) is 49.7 Å². The van der Waals surface area contributed by atoms with Gasteiger partial charge in [0.2, 0.25) is 0 Å². The standard InChI is InChI=1S/C23H19N3O2/c1-3-9-17-21-20(16-12-7-8-13-18(16)28-23(21)27)19-14(2)25-26(22(19)24-17)15-10-5-4-6-11-15/h4-8,10-13H,3,9H2,1-2H3. The average Bonchev–Trinajstić information content (AvgIpc) is 3.05. The van der Waals surface area contributed by atoms with E-state index in [9.17, 15) is 4.79 Å². The van der Waals surface area contributed by atoms with Crippen LogP contribution in [-0.2, 0) is 6.42 Å². The third-order valence-electron chi connectivity index (χ3n) is 5.12. The second kappa shape index (κ2) is 6.30. The maximum atomic E-state index is 12.9. The van der Waals surface area contributed by atoms with Crippen molar-refractivity contribution in [2.75, 3.05) is 0 Å². The fourth-order valence-electron chi connectivity index (χ4n) is 3.93. The van der Waals surface area contributed by atoms with Crippen LogP contribution in [0.1, 0.15) is 24.7 Å². The molecule has 0 unspecified atom stereocenters. The molecular weight excluding hydrogens is 350 g/mol. The minimum absolute atomic E-state index is 0.335. The third kappa shape index (κ3) is 2.36. The molecule has 28 heavy (non-hydrogen) atoms. The first kappa shape index (κ1) is 16.7. The number of para-hydroxylation sites is 2. The number of pyridine rings is 1. The Balaban J connectivity index is 2.05. The summed E-state index contributed by atoms with van der Waals surface area (Å²) < 4.78 is 7.49. The normalized spacial score (nSPS) is 11.6. The van der Waals surface area contributed by atoms with Crippen LogP contribution in [0, 0.1) is 6.92 Å². The summed E-state index contributed by atoms with van der Waals surface area (Å²) in [6.07, 6.45) is 1.59. The Bertz CT molecular complexity index is 1400. The summed E-state index contributed by atoms with van der Waals surface area (Å²) in [7, 11) is 0. The molecule has 0 atom stereocenters. The molecule has 2 aromatic carbocycles. The van der Waals surface area contributed by atoms with Gasteiger partial charge in [0.25, 0.3) is 0 Å². The lowest BCUT2D eigenvalue weighted by Crippen LogP contribution is -2.07. The molecule has 0 fully saturated rings. The van der Waals surface area contributed by atoms with Gasteiger partial charge in [-0.2, -0.15) is 5.10 Å². The molecule has 5 rings (SSSR count). The van der Waals surface area contributed by atoms with Crippen molar-refractivity contribution in [3.63, 3.8) is 0 Å². The maximum absolute atomic E-state index is 12.9. The predicted octanol–water partition coefficient (Wildman–Crippen LogP) is 4.94. The third-order valence-corrected chi connectivity index (χ3v) is 5.12. The zero-order chi connectivity index (χ0) is 19.3. The van der Waals surface area contributed by atoms with Gasteiger partial charge in [-0.3, -0.25) is 0 Å². The summed E-state index contributed by atoms with van der Waals surface area (Å²) in [5.41, 5.74) is 3.58. The largest absolute Gasteiger partial charge is 0.422 e. The summed E-state index contributed by atoms with van der Waals surface area (Å²) in [6, 6.07) is 17.6. The van der Waals surface area contributed by atoms with Gasteiger partial charge in [-0.05, 0) is 31.5 Å². The number of benzene rings is 2. The van der Waals surface area contributed by atoms with Gasteiger partial charge >= 0.3 is 5.63 Å². The van der Waals surface area contributed by atoms with E-state index in [4.69, 9.17) is 14.5 Å². The predicted molar refractivity (Wildman–Crippen MR) is 111 cm³/mol. The molecule has 0 saturated carbocycles. The van der Waals surface area contributed by atoms with Crippen LogP contribution in [0.25, 0.3) is 38.5 Å². The molecule has 5 nitrogen and oxygen atoms in total. The number of aryl methyl sites for hydroxylation is 2. The molecule has 0 radical (unpaired) electrons. The van der Waals surface area contributed by atoms with Crippen LogP contribution in [0.4, 0.5) is 0 Å². The SMILES string of the molecule is CCCc1nc2c(c(C)nn2-c2ccccc2)c2c1c(=O)oc1ccccc12. The van der Waals surface area contributed by atoms with Crippen molar-refractivity contribution >= 4 is 32.8 Å². The summed E-state index contributed by atoms with van der Waals surface area (Å²) in [5.74, 6) is 0. The van der Waals surface area contributed by atoms with Gasteiger partial charge in [-0.25, -0.2) is 14.5 Å². The fourth-order valence-corrected chi connectivity index (χ4v) is 3.93. The van der Waals surface area contributed by atoms with Gasteiger partial charge in [0.1, 0.15) is 5.58 Å². The minimum Gasteiger partial charge on any atom is -0.422 e. The van der Waals surface area contributed by atoms with Crippen LogP contribution in [-0.4, -0.2) is 14.8 Å². The number of nitrogens with zero attached hydrogens (tertiary/aromatic N) is 3. The monoisotopic (exact) mass is 369 g/mol. The Morgan fingerprint density at radius 3 is 2.50 bits per heavy atom. The molecule has 0 aliphatic rings. The zero-order valence-corrected chi connectivity index (χ0v) is 15.8. The molecule has 3 aromatic heterocycles. The molecule has 138 valence electrons. The lowest BCUT2D eigenvalue weighted by molar-refractivity contribution is 0.568. The van der Waals surface area contributed by atoms with Crippen molar-refractivity contribution in [3.05, 3.63) is 76.4 Å². The van der Waals surface area contributed by atoms with Crippen LogP contribution in [0.15, 0.2) is 63.8 Å². The van der Waals surface area contributed by atoms with Crippen molar-refractivity contribution in [3.8, 4) is 5.69 Å². The lowest BCUT2D eigenvalue weighted by Gasteiger charge is -2.10. The molecule has 3 heterocycles. The van der Waals surface area contributed by atoms with E-state index in [2.05, 4.69) is 6.92 Å². The second-order valence-electron chi connectivity index (χ2n) is 6.98. The van der Waals surface area contributed by atoms with Crippen molar-refractivity contribution < 1.29 is 4.42 Å². The summed E-state index contributed by atoms with van der Waals surface area (Å²) in [6.45, 7) is 4.05. The highest BCUT2D eigenvalue weighted by molar-refractivity contribution is 6.18. The smallest absolute Gasteiger partial charge is 0.346 e. The van der Waals surface area contributed by atoms with E-state index in [0.29, 0.717) is 17.4 Å². The first-order valence-corrected chi connectivity index (χ1v) is 9.48. The van der Waals surface area contributed by atoms with E-state index in [1.54, 1.807) is 0 Å². The summed E-state index contributed by atoms with van der Waals surface area (Å²) in [4.78, 5) is 17.8. The number of fused-ring (bicyclic) bond motifs is 5. The Morgan fingerprint density at radius 1 is 0.964 bits per heavy atom. The molecule has 0 saturated heterocycles. The Morgan fingerprint density at radius 2 is 1.71 bits per heavy atom. The quantitative estimate of drug-likeness (QED) is 0.334. The van der Waals surface area contributed by atoms with Gasteiger partial charge in [0.05, 0.1) is 27.8 Å². The topological polar surface area (TPSA) is 60.9 Å². The van der Waals surface area contributed by atoms with Gasteiger partial charge in [-0.15, -0.1) is 0 Å². The first-order valence-electron chi connectivity index (χ1n) is 9.48. The zero-order valence-electron chi connectivity index (χ0n) is 15.8. The highest BCUT2D eigenvalue weighted by atomic mass is 16.4. The number of hydrogen-bond acceptors (Lipinski definition) is 4. The highest BCUT2D eigenvalue weighted by Gasteiger charge is 2.21. The lowest BCUT2D eigenvalue weighted by atomic mass is 10.0. The van der Waals surface area contributed by atoms with E-state index in [-0.39, 0.29) is 5.63 Å². The van der Waals surface area contributed by atoms with Crippen molar-refractivity contribution in [1.82, 2.24) is 14.8 Å². The Kier molecular flexibility index (Phi) is 3.76. The van der Waals surface area contributed by atoms with E-state index in [1.165, 1.54) is 0 Å². The second-order valence-corrected chi connectivity index (χ2v) is 6.98. The van der Waals surface area contributed by atoms with Crippen molar-refractivity contribution in [2.24, 2.45) is 0 Å². The van der Waals surface area contributed by atoms with Gasteiger partial charge < -0.3 is 4.42 Å². The van der Waals surface area contributed by atoms with Crippen LogP contribution >= 0.6 is 0 Å². The van der Waals surface area contributed by atoms with E-state index in [1.807, 2.05) is 66.2 Å². The number of hydrogen-bond donors (Lipinski definition) is 0. The average molecular weight is 369 g/mol. The van der Waals surface area contributed by atoms with Crippen molar-refractivity contribution in [2.45, 2.75) is 26.7 Å². The number of aromatic nitrogens is 3. The van der Waals surface area contributed by atoms with Crippen LogP contribution in [0.3, 0.4) is 0 Å². The first-order chi connectivity index (χ1) is 13.7. The van der Waals surface area contributed by atoms with Crippen LogP contribution < -0.4 is 5.63 Å². The molecule has 0 N–H and O–H groups in total. The van der Waals surface area contributed by atoms with Crippen LogP contribution in [0.5, 0.6) is 0 Å². The summed E-state index contributed by atoms with van der Waals surface area (Å²) >= 11 is 0. The molecule has 0 amide bonds. The molecule has 0 aliphatic heterocycles. The molecule has 5 heteroatoms. The highest BCUT2D eigenvalue weighted by Crippen LogP contribution is 2.34. The molecule has 0 aliphatic carbocycles. The molecule has 0 bridgehead atoms. The Hall–Kier alpha value is -3.47. The molecular formula is C23H19N3O2. The van der Waals surface area contributed by atoms with E-state index in [0.717, 1.165) is 45.3 Å². The van der Waals surface area contributed by atoms with E-state index < -0.39 is 0 Å². The molecule has 5 aromatic rings. The van der Waals surface area contributed by atoms with Crippen molar-refractivity contribution in [1.29, 1.82) is 0 Å². The van der Waals surface area contributed by atoms with Gasteiger partial charge in [0, 0.05) is 10.8 Å². The number of rotatable bonds is 3. The fraction of sp³-hybridized carbons (Fsp3) is 0.174. The summed E-state index contributed by atoms with van der Waals surface area (Å²) in [5, 5.41) is 8.05.